The minimum Gasteiger partial charge on any atom is -0.325 e. The number of anilines is 1. The van der Waals surface area contributed by atoms with Crippen LogP contribution < -0.4 is 5.32 Å². The topological polar surface area (TPSA) is 49.4 Å². The lowest BCUT2D eigenvalue weighted by molar-refractivity contribution is -0.129. The summed E-state index contributed by atoms with van der Waals surface area (Å²) in [4.78, 5) is 26.7. The minimum absolute atomic E-state index is 0.0850. The van der Waals surface area contributed by atoms with E-state index in [0.29, 0.717) is 0 Å². The van der Waals surface area contributed by atoms with Gasteiger partial charge in [-0.25, -0.2) is 0 Å². The van der Waals surface area contributed by atoms with Gasteiger partial charge in [-0.05, 0) is 28.8 Å². The molecule has 0 spiro atoms. The van der Waals surface area contributed by atoms with E-state index in [9.17, 15) is 9.59 Å². The van der Waals surface area contributed by atoms with Crippen LogP contribution in [0.1, 0.15) is 30.5 Å². The molecule has 0 fully saturated rings. The van der Waals surface area contributed by atoms with Gasteiger partial charge in [0.05, 0.1) is 12.5 Å². The minimum atomic E-state index is -0.322. The molecule has 0 saturated heterocycles. The van der Waals surface area contributed by atoms with Crippen molar-refractivity contribution in [3.63, 3.8) is 0 Å². The van der Waals surface area contributed by atoms with Crippen molar-refractivity contribution in [2.75, 3.05) is 5.32 Å². The molecule has 1 N–H and O–H groups in total. The van der Waals surface area contributed by atoms with Crippen LogP contribution in [0.15, 0.2) is 85.1 Å². The van der Waals surface area contributed by atoms with E-state index in [-0.39, 0.29) is 24.3 Å². The zero-order valence-corrected chi connectivity index (χ0v) is 16.2. The van der Waals surface area contributed by atoms with Crippen LogP contribution in [0.5, 0.6) is 0 Å². The molecule has 1 aliphatic rings. The number of para-hydroxylation sites is 1. The summed E-state index contributed by atoms with van der Waals surface area (Å²) in [6.45, 7) is 1.52. The maximum atomic E-state index is 13.0. The Kier molecular flexibility index (Phi) is 5.25. The standard InChI is InChI=1S/C25H22N2O2/c1-18(28)27-16-15-20-11-5-6-13-22(20)24(27)17-25(29)26-23-14-8-7-12-21(23)19-9-3-2-4-10-19/h2-16,24H,17H2,1H3,(H,26,29). The molecule has 3 aromatic rings. The summed E-state index contributed by atoms with van der Waals surface area (Å²) in [5, 5.41) is 3.05. The van der Waals surface area contributed by atoms with Gasteiger partial charge in [-0.3, -0.25) is 9.59 Å². The lowest BCUT2D eigenvalue weighted by Gasteiger charge is -2.32. The molecule has 0 radical (unpaired) electrons. The molecule has 0 bridgehead atoms. The summed E-state index contributed by atoms with van der Waals surface area (Å²) >= 11 is 0. The predicted molar refractivity (Wildman–Crippen MR) is 116 cm³/mol. The maximum Gasteiger partial charge on any atom is 0.226 e. The molecule has 1 atom stereocenters. The van der Waals surface area contributed by atoms with E-state index in [0.717, 1.165) is 27.9 Å². The normalized spacial score (nSPS) is 14.9. The molecule has 0 aromatic heterocycles. The first kappa shape index (κ1) is 18.7. The predicted octanol–water partition coefficient (Wildman–Crippen LogP) is 5.26. The third-order valence-electron chi connectivity index (χ3n) is 5.13. The summed E-state index contributed by atoms with van der Waals surface area (Å²) in [5.41, 5.74) is 4.79. The van der Waals surface area contributed by atoms with E-state index in [1.165, 1.54) is 6.92 Å². The molecule has 4 heteroatoms. The fraction of sp³-hybridized carbons (Fsp3) is 0.120. The number of hydrogen-bond donors (Lipinski definition) is 1. The summed E-state index contributed by atoms with van der Waals surface area (Å²) in [7, 11) is 0. The molecule has 4 nitrogen and oxygen atoms in total. The monoisotopic (exact) mass is 382 g/mol. The third kappa shape index (κ3) is 3.97. The average Bonchev–Trinajstić information content (AvgIpc) is 2.75. The smallest absolute Gasteiger partial charge is 0.226 e. The fourth-order valence-electron chi connectivity index (χ4n) is 3.75. The van der Waals surface area contributed by atoms with E-state index in [4.69, 9.17) is 0 Å². The van der Waals surface area contributed by atoms with Crippen LogP contribution in [0.2, 0.25) is 0 Å². The molecule has 1 aliphatic heterocycles. The van der Waals surface area contributed by atoms with Gasteiger partial charge in [0, 0.05) is 24.4 Å². The van der Waals surface area contributed by atoms with Crippen molar-refractivity contribution in [2.45, 2.75) is 19.4 Å². The van der Waals surface area contributed by atoms with Crippen molar-refractivity contribution < 1.29 is 9.59 Å². The van der Waals surface area contributed by atoms with E-state index >= 15 is 0 Å². The summed E-state index contributed by atoms with van der Waals surface area (Å²) < 4.78 is 0. The zero-order chi connectivity index (χ0) is 20.2. The van der Waals surface area contributed by atoms with Crippen molar-refractivity contribution in [1.82, 2.24) is 4.90 Å². The Hall–Kier alpha value is -3.66. The van der Waals surface area contributed by atoms with Crippen LogP contribution in [0, 0.1) is 0 Å². The highest BCUT2D eigenvalue weighted by Gasteiger charge is 2.28. The van der Waals surface area contributed by atoms with Crippen LogP contribution in [0.3, 0.4) is 0 Å². The number of carbonyl (C=O) groups is 2. The molecule has 1 unspecified atom stereocenters. The molecule has 1 heterocycles. The second-order valence-electron chi connectivity index (χ2n) is 7.05. The second kappa shape index (κ2) is 8.15. The summed E-state index contributed by atoms with van der Waals surface area (Å²) in [6.07, 6.45) is 3.86. The number of amides is 2. The molecule has 2 amide bonds. The zero-order valence-electron chi connectivity index (χ0n) is 16.2. The van der Waals surface area contributed by atoms with E-state index in [1.54, 1.807) is 11.1 Å². The molecular formula is C25H22N2O2. The first-order valence-corrected chi connectivity index (χ1v) is 9.64. The Bertz CT molecular complexity index is 1070. The number of carbonyl (C=O) groups excluding carboxylic acids is 2. The Morgan fingerprint density at radius 1 is 0.897 bits per heavy atom. The van der Waals surface area contributed by atoms with Crippen molar-refractivity contribution in [3.05, 3.63) is 96.2 Å². The lowest BCUT2D eigenvalue weighted by atomic mass is 9.93. The summed E-state index contributed by atoms with van der Waals surface area (Å²) in [5.74, 6) is -0.215. The molecule has 0 aliphatic carbocycles. The number of nitrogens with zero attached hydrogens (tertiary/aromatic N) is 1. The van der Waals surface area contributed by atoms with Gasteiger partial charge in [0.1, 0.15) is 0 Å². The second-order valence-corrected chi connectivity index (χ2v) is 7.05. The van der Waals surface area contributed by atoms with Gasteiger partial charge < -0.3 is 10.2 Å². The Labute approximate surface area is 170 Å². The number of hydrogen-bond acceptors (Lipinski definition) is 2. The number of rotatable bonds is 4. The molecule has 3 aromatic carbocycles. The van der Waals surface area contributed by atoms with E-state index < -0.39 is 0 Å². The number of benzene rings is 3. The van der Waals surface area contributed by atoms with Crippen molar-refractivity contribution in [3.8, 4) is 11.1 Å². The number of fused-ring (bicyclic) bond motifs is 1. The molecule has 0 saturated carbocycles. The van der Waals surface area contributed by atoms with Crippen LogP contribution in [-0.2, 0) is 9.59 Å². The van der Waals surface area contributed by atoms with Gasteiger partial charge in [0.25, 0.3) is 0 Å². The van der Waals surface area contributed by atoms with Crippen molar-refractivity contribution in [1.29, 1.82) is 0 Å². The Balaban J connectivity index is 1.59. The number of nitrogens with one attached hydrogen (secondary N) is 1. The van der Waals surface area contributed by atoms with Crippen molar-refractivity contribution >= 4 is 23.6 Å². The van der Waals surface area contributed by atoms with Gasteiger partial charge >= 0.3 is 0 Å². The fourth-order valence-corrected chi connectivity index (χ4v) is 3.75. The highest BCUT2D eigenvalue weighted by atomic mass is 16.2. The van der Waals surface area contributed by atoms with Crippen molar-refractivity contribution in [2.24, 2.45) is 0 Å². The third-order valence-corrected chi connectivity index (χ3v) is 5.13. The van der Waals surface area contributed by atoms with Crippen LogP contribution in [0.25, 0.3) is 17.2 Å². The Morgan fingerprint density at radius 2 is 1.59 bits per heavy atom. The van der Waals surface area contributed by atoms with E-state index in [2.05, 4.69) is 5.32 Å². The van der Waals surface area contributed by atoms with Gasteiger partial charge in [-0.2, -0.15) is 0 Å². The van der Waals surface area contributed by atoms with Gasteiger partial charge in [0.2, 0.25) is 11.8 Å². The van der Waals surface area contributed by atoms with Gasteiger partial charge in [-0.1, -0.05) is 72.8 Å². The molecule has 144 valence electrons. The SMILES string of the molecule is CC(=O)N1C=Cc2ccccc2C1CC(=O)Nc1ccccc1-c1ccccc1. The van der Waals surface area contributed by atoms with Crippen LogP contribution in [-0.4, -0.2) is 16.7 Å². The highest BCUT2D eigenvalue weighted by molar-refractivity contribution is 5.96. The Morgan fingerprint density at radius 3 is 2.38 bits per heavy atom. The lowest BCUT2D eigenvalue weighted by Crippen LogP contribution is -2.33. The quantitative estimate of drug-likeness (QED) is 0.669. The molecule has 29 heavy (non-hydrogen) atoms. The van der Waals surface area contributed by atoms with E-state index in [1.807, 2.05) is 84.9 Å². The van der Waals surface area contributed by atoms with Gasteiger partial charge in [-0.15, -0.1) is 0 Å². The highest BCUT2D eigenvalue weighted by Crippen LogP contribution is 2.34. The summed E-state index contributed by atoms with van der Waals surface area (Å²) in [6, 6.07) is 25.3. The largest absolute Gasteiger partial charge is 0.325 e. The maximum absolute atomic E-state index is 13.0. The molecular weight excluding hydrogens is 360 g/mol. The first-order chi connectivity index (χ1) is 14.1. The van der Waals surface area contributed by atoms with Crippen LogP contribution in [0.4, 0.5) is 5.69 Å². The van der Waals surface area contributed by atoms with Crippen LogP contribution >= 0.6 is 0 Å². The van der Waals surface area contributed by atoms with Gasteiger partial charge in [0.15, 0.2) is 0 Å². The molecule has 4 rings (SSSR count). The first-order valence-electron chi connectivity index (χ1n) is 9.64. The average molecular weight is 382 g/mol.